The average molecular weight is 434 g/mol. The van der Waals surface area contributed by atoms with E-state index in [0.717, 1.165) is 24.0 Å². The van der Waals surface area contributed by atoms with Gasteiger partial charge >= 0.3 is 12.1 Å². The molecule has 7 heteroatoms. The molecule has 0 unspecified atom stereocenters. The summed E-state index contributed by atoms with van der Waals surface area (Å²) in [6.45, 7) is 0.367. The van der Waals surface area contributed by atoms with Gasteiger partial charge in [-0.2, -0.15) is 0 Å². The Morgan fingerprint density at radius 1 is 1.00 bits per heavy atom. The number of aliphatic carboxylic acids is 1. The molecule has 32 heavy (non-hydrogen) atoms. The summed E-state index contributed by atoms with van der Waals surface area (Å²) in [7, 11) is 0. The van der Waals surface area contributed by atoms with Crippen molar-refractivity contribution in [2.75, 3.05) is 19.7 Å². The van der Waals surface area contributed by atoms with E-state index in [0.29, 0.717) is 13.0 Å². The third kappa shape index (κ3) is 4.07. The summed E-state index contributed by atoms with van der Waals surface area (Å²) in [4.78, 5) is 37.5. The molecule has 3 aliphatic carbocycles. The van der Waals surface area contributed by atoms with E-state index >= 15 is 0 Å². The van der Waals surface area contributed by atoms with Crippen LogP contribution in [0.1, 0.15) is 36.3 Å². The van der Waals surface area contributed by atoms with Gasteiger partial charge in [0.15, 0.2) is 0 Å². The first-order valence-corrected chi connectivity index (χ1v) is 11.1. The van der Waals surface area contributed by atoms with Gasteiger partial charge in [-0.15, -0.1) is 0 Å². The number of carbonyl (C=O) groups is 3. The van der Waals surface area contributed by atoms with Crippen LogP contribution in [0.3, 0.4) is 0 Å². The molecule has 166 valence electrons. The number of alkyl carbamates (subject to hydrolysis) is 1. The van der Waals surface area contributed by atoms with Gasteiger partial charge in [-0.05, 0) is 47.4 Å². The standard InChI is InChI=1S/C25H26N2O5/c28-23(29)13-27(16-9-10-16)24(30)21-11-15(21)12-26-25(31)32-14-22-19-7-3-1-5-17(19)18-6-2-4-8-20(18)22/h1-8,15-16,21-22H,9-14H2,(H,26,31)(H,28,29)/t15-,21-/m1/s1. The highest BCUT2D eigenvalue weighted by molar-refractivity contribution is 5.86. The molecular weight excluding hydrogens is 408 g/mol. The molecular formula is C25H26N2O5. The maximum absolute atomic E-state index is 12.6. The fourth-order valence-electron chi connectivity index (χ4n) is 4.77. The Kier molecular flexibility index (Phi) is 5.33. The second-order valence-corrected chi connectivity index (χ2v) is 8.90. The number of benzene rings is 2. The molecule has 2 saturated carbocycles. The van der Waals surface area contributed by atoms with Crippen molar-refractivity contribution in [2.45, 2.75) is 31.2 Å². The fourth-order valence-corrected chi connectivity index (χ4v) is 4.77. The zero-order valence-electron chi connectivity index (χ0n) is 17.7. The first-order chi connectivity index (χ1) is 15.5. The van der Waals surface area contributed by atoms with Crippen molar-refractivity contribution < 1.29 is 24.2 Å². The number of ether oxygens (including phenoxy) is 1. The predicted molar refractivity (Wildman–Crippen MR) is 117 cm³/mol. The van der Waals surface area contributed by atoms with Crippen LogP contribution >= 0.6 is 0 Å². The van der Waals surface area contributed by atoms with Crippen LogP contribution in [0, 0.1) is 11.8 Å². The topological polar surface area (TPSA) is 95.9 Å². The molecule has 0 radical (unpaired) electrons. The van der Waals surface area contributed by atoms with Crippen LogP contribution in [0.2, 0.25) is 0 Å². The molecule has 0 heterocycles. The first kappa shape index (κ1) is 20.5. The van der Waals surface area contributed by atoms with Crippen molar-refractivity contribution in [2.24, 2.45) is 11.8 Å². The molecule has 0 spiro atoms. The third-order valence-electron chi connectivity index (χ3n) is 6.67. The summed E-state index contributed by atoms with van der Waals surface area (Å²) < 4.78 is 5.54. The van der Waals surface area contributed by atoms with E-state index in [1.54, 1.807) is 0 Å². The normalized spacial score (nSPS) is 20.8. The lowest BCUT2D eigenvalue weighted by Crippen LogP contribution is -2.39. The molecule has 0 bridgehead atoms. The van der Waals surface area contributed by atoms with Gasteiger partial charge in [-0.1, -0.05) is 48.5 Å². The number of carbonyl (C=O) groups excluding carboxylic acids is 2. The number of hydrogen-bond acceptors (Lipinski definition) is 4. The second kappa shape index (κ2) is 8.30. The van der Waals surface area contributed by atoms with Crippen LogP contribution in [-0.2, 0) is 14.3 Å². The minimum Gasteiger partial charge on any atom is -0.480 e. The van der Waals surface area contributed by atoms with E-state index in [1.807, 2.05) is 24.3 Å². The maximum atomic E-state index is 12.6. The van der Waals surface area contributed by atoms with Crippen molar-refractivity contribution in [3.8, 4) is 11.1 Å². The minimum absolute atomic E-state index is 0.00604. The maximum Gasteiger partial charge on any atom is 0.407 e. The van der Waals surface area contributed by atoms with Crippen LogP contribution in [0.15, 0.2) is 48.5 Å². The SMILES string of the molecule is O=C(O)CN(C(=O)[C@@H]1C[C@@H]1CNC(=O)OCC1c2ccccc2-c2ccccc21)C1CC1. The minimum atomic E-state index is -0.987. The lowest BCUT2D eigenvalue weighted by atomic mass is 9.98. The molecule has 2 atom stereocenters. The summed E-state index contributed by atoms with van der Waals surface area (Å²) in [5.74, 6) is -1.25. The smallest absolute Gasteiger partial charge is 0.407 e. The molecule has 2 aromatic rings. The number of fused-ring (bicyclic) bond motifs is 3. The Labute approximate surface area is 186 Å². The highest BCUT2D eigenvalue weighted by Gasteiger charge is 2.48. The van der Waals surface area contributed by atoms with Gasteiger partial charge in [-0.25, -0.2) is 4.79 Å². The summed E-state index contributed by atoms with van der Waals surface area (Å²) >= 11 is 0. The number of nitrogens with one attached hydrogen (secondary N) is 1. The lowest BCUT2D eigenvalue weighted by Gasteiger charge is -2.20. The zero-order chi connectivity index (χ0) is 22.2. The Hall–Kier alpha value is -3.35. The predicted octanol–water partition coefficient (Wildman–Crippen LogP) is 3.24. The highest BCUT2D eigenvalue weighted by Crippen LogP contribution is 2.44. The number of carboxylic acid groups (broad SMARTS) is 1. The molecule has 2 N–H and O–H groups in total. The van der Waals surface area contributed by atoms with Gasteiger partial charge < -0.3 is 20.1 Å². The van der Waals surface area contributed by atoms with Gasteiger partial charge in [-0.3, -0.25) is 9.59 Å². The van der Waals surface area contributed by atoms with Gasteiger partial charge in [0.1, 0.15) is 13.2 Å². The van der Waals surface area contributed by atoms with Crippen LogP contribution in [0.25, 0.3) is 11.1 Å². The Balaban J connectivity index is 1.12. The van der Waals surface area contributed by atoms with Crippen LogP contribution in [0.4, 0.5) is 4.79 Å². The Bertz CT molecular complexity index is 1020. The van der Waals surface area contributed by atoms with Crippen molar-refractivity contribution >= 4 is 18.0 Å². The molecule has 0 aliphatic heterocycles. The van der Waals surface area contributed by atoms with Crippen molar-refractivity contribution in [3.05, 3.63) is 59.7 Å². The third-order valence-corrected chi connectivity index (χ3v) is 6.67. The fraction of sp³-hybridized carbons (Fsp3) is 0.400. The van der Waals surface area contributed by atoms with Crippen molar-refractivity contribution in [1.82, 2.24) is 10.2 Å². The first-order valence-electron chi connectivity index (χ1n) is 11.1. The lowest BCUT2D eigenvalue weighted by molar-refractivity contribution is -0.145. The molecule has 2 aromatic carbocycles. The van der Waals surface area contributed by atoms with E-state index < -0.39 is 12.1 Å². The van der Waals surface area contributed by atoms with E-state index in [9.17, 15) is 14.4 Å². The van der Waals surface area contributed by atoms with E-state index in [1.165, 1.54) is 16.0 Å². The Morgan fingerprint density at radius 2 is 1.62 bits per heavy atom. The van der Waals surface area contributed by atoms with Gasteiger partial charge in [0.25, 0.3) is 0 Å². The molecule has 0 saturated heterocycles. The largest absolute Gasteiger partial charge is 0.480 e. The van der Waals surface area contributed by atoms with Gasteiger partial charge in [0, 0.05) is 24.4 Å². The van der Waals surface area contributed by atoms with E-state index in [4.69, 9.17) is 9.84 Å². The van der Waals surface area contributed by atoms with Crippen LogP contribution < -0.4 is 5.32 Å². The average Bonchev–Trinajstić information content (AvgIpc) is 3.71. The van der Waals surface area contributed by atoms with E-state index in [2.05, 4.69) is 29.6 Å². The quantitative estimate of drug-likeness (QED) is 0.665. The van der Waals surface area contributed by atoms with Crippen molar-refractivity contribution in [3.63, 3.8) is 0 Å². The number of nitrogens with zero attached hydrogens (tertiary/aromatic N) is 1. The summed E-state index contributed by atoms with van der Waals surface area (Å²) in [6.07, 6.45) is 1.92. The molecule has 2 fully saturated rings. The monoisotopic (exact) mass is 434 g/mol. The molecule has 5 rings (SSSR count). The molecule has 3 aliphatic rings. The summed E-state index contributed by atoms with van der Waals surface area (Å²) in [5, 5.41) is 11.8. The molecule has 2 amide bonds. The zero-order valence-corrected chi connectivity index (χ0v) is 17.7. The van der Waals surface area contributed by atoms with Gasteiger partial charge in [0.2, 0.25) is 5.91 Å². The van der Waals surface area contributed by atoms with Crippen LogP contribution in [-0.4, -0.2) is 53.7 Å². The molecule has 7 nitrogen and oxygen atoms in total. The highest BCUT2D eigenvalue weighted by atomic mass is 16.5. The number of hydrogen-bond donors (Lipinski definition) is 2. The van der Waals surface area contributed by atoms with Crippen molar-refractivity contribution in [1.29, 1.82) is 0 Å². The Morgan fingerprint density at radius 3 is 2.22 bits per heavy atom. The number of rotatable bonds is 8. The second-order valence-electron chi connectivity index (χ2n) is 8.90. The number of amides is 2. The summed E-state index contributed by atoms with van der Waals surface area (Å²) in [5.41, 5.74) is 4.68. The number of carboxylic acids is 1. The van der Waals surface area contributed by atoms with E-state index in [-0.39, 0.29) is 42.9 Å². The molecule has 0 aromatic heterocycles. The van der Waals surface area contributed by atoms with Gasteiger partial charge in [0.05, 0.1) is 0 Å². The van der Waals surface area contributed by atoms with Crippen LogP contribution in [0.5, 0.6) is 0 Å². The summed E-state index contributed by atoms with van der Waals surface area (Å²) in [6, 6.07) is 16.4.